The van der Waals surface area contributed by atoms with Crippen LogP contribution in [-0.4, -0.2) is 18.3 Å². The fourth-order valence-electron chi connectivity index (χ4n) is 1.12. The van der Waals surface area contributed by atoms with E-state index in [-0.39, 0.29) is 0 Å². The van der Waals surface area contributed by atoms with Crippen LogP contribution >= 0.6 is 0 Å². The molecule has 0 atom stereocenters. The molecular formula is C9H10N4. The molecule has 0 spiro atoms. The van der Waals surface area contributed by atoms with Gasteiger partial charge in [0.1, 0.15) is 12.4 Å². The van der Waals surface area contributed by atoms with Crippen molar-refractivity contribution in [1.29, 1.82) is 0 Å². The Bertz CT molecular complexity index is 353. The van der Waals surface area contributed by atoms with E-state index >= 15 is 0 Å². The van der Waals surface area contributed by atoms with Gasteiger partial charge >= 0.3 is 0 Å². The largest absolute Gasteiger partial charge is 0.368 e. The quantitative estimate of drug-likeness (QED) is 0.662. The van der Waals surface area contributed by atoms with Crippen LogP contribution in [0.4, 0.5) is 5.69 Å². The minimum Gasteiger partial charge on any atom is -0.368 e. The molecule has 0 radical (unpaired) electrons. The van der Waals surface area contributed by atoms with Crippen molar-refractivity contribution in [3.8, 4) is 0 Å². The van der Waals surface area contributed by atoms with Crippen LogP contribution in [-0.2, 0) is 0 Å². The number of nitrogens with one attached hydrogen (secondary N) is 1. The minimum atomic E-state index is 0.346. The number of rotatable bonds is 1. The number of nitrogens with zero attached hydrogens (tertiary/aromatic N) is 2. The predicted octanol–water partition coefficient (Wildman–Crippen LogP) is 0.825. The summed E-state index contributed by atoms with van der Waals surface area (Å²) in [5, 5.41) is 3.13. The van der Waals surface area contributed by atoms with Crippen molar-refractivity contribution in [2.75, 3.05) is 11.9 Å². The molecule has 0 fully saturated rings. The van der Waals surface area contributed by atoms with Crippen molar-refractivity contribution in [1.82, 2.24) is 0 Å². The third-order valence-corrected chi connectivity index (χ3v) is 1.70. The number of hydrogen-bond donors (Lipinski definition) is 2. The Hall–Kier alpha value is -1.84. The van der Waals surface area contributed by atoms with Gasteiger partial charge in [0.25, 0.3) is 0 Å². The fourth-order valence-corrected chi connectivity index (χ4v) is 1.12. The van der Waals surface area contributed by atoms with E-state index in [2.05, 4.69) is 15.3 Å². The van der Waals surface area contributed by atoms with Gasteiger partial charge in [0.05, 0.1) is 0 Å². The number of guanidine groups is 1. The highest BCUT2D eigenvalue weighted by Crippen LogP contribution is 2.06. The molecule has 0 saturated carbocycles. The Balaban J connectivity index is 2.05. The summed E-state index contributed by atoms with van der Waals surface area (Å²) in [7, 11) is 0. The molecule has 0 bridgehead atoms. The first-order valence-electron chi connectivity index (χ1n) is 4.04. The molecule has 1 aliphatic rings. The lowest BCUT2D eigenvalue weighted by molar-refractivity contribution is 1.31. The van der Waals surface area contributed by atoms with E-state index in [1.807, 2.05) is 30.3 Å². The Morgan fingerprint density at radius 2 is 2.00 bits per heavy atom. The molecule has 0 unspecified atom stereocenters. The molecule has 0 saturated heterocycles. The number of amidine groups is 1. The molecule has 3 N–H and O–H groups in total. The van der Waals surface area contributed by atoms with E-state index in [1.165, 1.54) is 0 Å². The second-order valence-electron chi connectivity index (χ2n) is 2.72. The summed E-state index contributed by atoms with van der Waals surface area (Å²) >= 11 is 0. The maximum absolute atomic E-state index is 5.40. The summed E-state index contributed by atoms with van der Waals surface area (Å²) in [6.07, 6.45) is 0. The lowest BCUT2D eigenvalue weighted by atomic mass is 10.3. The Morgan fingerprint density at radius 1 is 1.23 bits per heavy atom. The van der Waals surface area contributed by atoms with Crippen LogP contribution in [0, 0.1) is 0 Å². The van der Waals surface area contributed by atoms with Crippen LogP contribution in [0.3, 0.4) is 0 Å². The maximum Gasteiger partial charge on any atom is 0.217 e. The van der Waals surface area contributed by atoms with Crippen molar-refractivity contribution in [3.63, 3.8) is 0 Å². The Labute approximate surface area is 76.2 Å². The highest BCUT2D eigenvalue weighted by molar-refractivity contribution is 6.07. The van der Waals surface area contributed by atoms with Crippen LogP contribution in [0.2, 0.25) is 0 Å². The highest BCUT2D eigenvalue weighted by Gasteiger charge is 2.06. The molecule has 1 aromatic carbocycles. The second-order valence-corrected chi connectivity index (χ2v) is 2.72. The number of para-hydroxylation sites is 1. The summed E-state index contributed by atoms with van der Waals surface area (Å²) in [5.41, 5.74) is 6.41. The molecule has 0 amide bonds. The van der Waals surface area contributed by atoms with Crippen LogP contribution < -0.4 is 11.1 Å². The second kappa shape index (κ2) is 3.26. The summed E-state index contributed by atoms with van der Waals surface area (Å²) in [4.78, 5) is 7.96. The molecule has 66 valence electrons. The SMILES string of the molecule is NC1=NCC(Nc2ccccc2)=N1. The molecule has 1 aliphatic heterocycles. The molecule has 1 heterocycles. The molecule has 0 aromatic heterocycles. The summed E-state index contributed by atoms with van der Waals surface area (Å²) in [5.74, 6) is 1.14. The molecule has 13 heavy (non-hydrogen) atoms. The first-order valence-corrected chi connectivity index (χ1v) is 4.04. The number of benzene rings is 1. The van der Waals surface area contributed by atoms with Crippen molar-refractivity contribution < 1.29 is 0 Å². The zero-order chi connectivity index (χ0) is 9.10. The normalized spacial score (nSPS) is 15.1. The summed E-state index contributed by atoms with van der Waals surface area (Å²) < 4.78 is 0. The van der Waals surface area contributed by atoms with Crippen molar-refractivity contribution >= 4 is 17.5 Å². The van der Waals surface area contributed by atoms with Crippen LogP contribution in [0.15, 0.2) is 40.3 Å². The smallest absolute Gasteiger partial charge is 0.217 e. The van der Waals surface area contributed by atoms with E-state index < -0.39 is 0 Å². The molecule has 1 aromatic rings. The van der Waals surface area contributed by atoms with E-state index in [0.29, 0.717) is 12.5 Å². The third kappa shape index (κ3) is 1.84. The van der Waals surface area contributed by atoms with Crippen LogP contribution in [0.5, 0.6) is 0 Å². The van der Waals surface area contributed by atoms with Gasteiger partial charge in [-0.2, -0.15) is 4.99 Å². The monoisotopic (exact) mass is 174 g/mol. The Morgan fingerprint density at radius 3 is 2.62 bits per heavy atom. The molecule has 0 aliphatic carbocycles. The molecule has 4 nitrogen and oxygen atoms in total. The van der Waals surface area contributed by atoms with Crippen molar-refractivity contribution in [2.45, 2.75) is 0 Å². The van der Waals surface area contributed by atoms with Crippen molar-refractivity contribution in [2.24, 2.45) is 15.7 Å². The van der Waals surface area contributed by atoms with E-state index in [9.17, 15) is 0 Å². The molecule has 4 heteroatoms. The number of hydrogen-bond acceptors (Lipinski definition) is 4. The topological polar surface area (TPSA) is 62.8 Å². The third-order valence-electron chi connectivity index (χ3n) is 1.70. The van der Waals surface area contributed by atoms with Gasteiger partial charge in [0.2, 0.25) is 5.96 Å². The number of anilines is 1. The van der Waals surface area contributed by atoms with Gasteiger partial charge in [-0.1, -0.05) is 18.2 Å². The first kappa shape index (κ1) is 7.79. The van der Waals surface area contributed by atoms with Gasteiger partial charge < -0.3 is 11.1 Å². The lowest BCUT2D eigenvalue weighted by Gasteiger charge is -2.02. The van der Waals surface area contributed by atoms with Gasteiger partial charge in [0, 0.05) is 5.69 Å². The van der Waals surface area contributed by atoms with Gasteiger partial charge in [-0.3, -0.25) is 0 Å². The molecule has 2 rings (SSSR count). The zero-order valence-corrected chi connectivity index (χ0v) is 7.07. The number of aliphatic imine (C=N–C) groups is 2. The average Bonchev–Trinajstić information content (AvgIpc) is 2.53. The van der Waals surface area contributed by atoms with Gasteiger partial charge in [-0.15, -0.1) is 0 Å². The minimum absolute atomic E-state index is 0.346. The number of nitrogens with two attached hydrogens (primary N) is 1. The lowest BCUT2D eigenvalue weighted by Crippen LogP contribution is -2.13. The summed E-state index contributed by atoms with van der Waals surface area (Å²) in [6.45, 7) is 0.542. The van der Waals surface area contributed by atoms with Gasteiger partial charge in [-0.05, 0) is 12.1 Å². The fraction of sp³-hybridized carbons (Fsp3) is 0.111. The van der Waals surface area contributed by atoms with Crippen LogP contribution in [0.1, 0.15) is 0 Å². The Kier molecular flexibility index (Phi) is 1.96. The van der Waals surface area contributed by atoms with Gasteiger partial charge in [0.15, 0.2) is 0 Å². The van der Waals surface area contributed by atoms with E-state index in [1.54, 1.807) is 0 Å². The first-order chi connectivity index (χ1) is 6.34. The van der Waals surface area contributed by atoms with E-state index in [4.69, 9.17) is 5.73 Å². The van der Waals surface area contributed by atoms with Crippen molar-refractivity contribution in [3.05, 3.63) is 30.3 Å². The highest BCUT2D eigenvalue weighted by atomic mass is 15.2. The van der Waals surface area contributed by atoms with E-state index in [0.717, 1.165) is 11.5 Å². The summed E-state index contributed by atoms with van der Waals surface area (Å²) in [6, 6.07) is 9.82. The van der Waals surface area contributed by atoms with Gasteiger partial charge in [-0.25, -0.2) is 4.99 Å². The zero-order valence-electron chi connectivity index (χ0n) is 7.07. The molecular weight excluding hydrogens is 164 g/mol. The standard InChI is InChI=1S/C9H10N4/c10-9-11-6-8(13-9)12-7-4-2-1-3-5-7/h1-5H,6H2,(H3,10,11,12,13). The maximum atomic E-state index is 5.40. The average molecular weight is 174 g/mol. The van der Waals surface area contributed by atoms with Crippen LogP contribution in [0.25, 0.3) is 0 Å². The predicted molar refractivity (Wildman–Crippen MR) is 54.0 cm³/mol.